The Bertz CT molecular complexity index is 5040. The first-order valence-corrected chi connectivity index (χ1v) is 26.7. The number of benzene rings is 15. The normalized spacial score (nSPS) is 11.9. The summed E-state index contributed by atoms with van der Waals surface area (Å²) in [4.78, 5) is 0. The third-order valence-corrected chi connectivity index (χ3v) is 16.5. The molecule has 0 aliphatic heterocycles. The van der Waals surface area contributed by atoms with Crippen molar-refractivity contribution in [3.63, 3.8) is 0 Å². The first kappa shape index (κ1) is 43.3. The molecule has 77 heavy (non-hydrogen) atoms. The van der Waals surface area contributed by atoms with Gasteiger partial charge in [-0.2, -0.15) is 0 Å². The smallest absolute Gasteiger partial charge is 0.0541 e. The fourth-order valence-electron chi connectivity index (χ4n) is 13.0. The Morgan fingerprint density at radius 3 is 0.948 bits per heavy atom. The van der Waals surface area contributed by atoms with Gasteiger partial charge in [0.05, 0.1) is 11.0 Å². The van der Waals surface area contributed by atoms with Crippen molar-refractivity contribution in [2.45, 2.75) is 0 Å². The maximum Gasteiger partial charge on any atom is 0.0541 e. The van der Waals surface area contributed by atoms with Crippen molar-refractivity contribution in [1.82, 2.24) is 4.57 Å². The largest absolute Gasteiger partial charge is 0.309 e. The van der Waals surface area contributed by atoms with Crippen molar-refractivity contribution in [3.05, 3.63) is 285 Å². The summed E-state index contributed by atoms with van der Waals surface area (Å²) in [6.07, 6.45) is 0. The van der Waals surface area contributed by atoms with Gasteiger partial charge in [0.1, 0.15) is 0 Å². The van der Waals surface area contributed by atoms with Crippen molar-refractivity contribution in [3.8, 4) is 61.3 Å². The standard InChI is InChI=1S/C76H47N/c1-4-18-52-43-56(32-29-48(52)15-1)73-62-22-7-9-24-64(62)75(65-25-10-8-23-63(65)73)59-38-42-72-69(47-59)61-21-13-14-28-71(61)77(72)60-39-35-51(36-40-60)55-37-41-68-70(46-55)76(58-34-31-50-17-3-6-20-54(50)45-58)67-27-12-11-26-66(67)74(68)57-33-30-49-16-2-5-19-53(49)44-57/h1-47H. The molecule has 0 unspecified atom stereocenters. The van der Waals surface area contributed by atoms with Gasteiger partial charge in [-0.25, -0.2) is 0 Å². The maximum absolute atomic E-state index is 2.44. The molecule has 0 N–H and O–H groups in total. The second-order valence-electron chi connectivity index (χ2n) is 20.7. The minimum atomic E-state index is 1.13. The summed E-state index contributed by atoms with van der Waals surface area (Å²) in [6, 6.07) is 106. The minimum Gasteiger partial charge on any atom is -0.309 e. The van der Waals surface area contributed by atoms with Crippen LogP contribution in [-0.4, -0.2) is 4.57 Å². The first-order chi connectivity index (χ1) is 38.2. The van der Waals surface area contributed by atoms with Crippen LogP contribution in [0.3, 0.4) is 0 Å². The van der Waals surface area contributed by atoms with Crippen LogP contribution in [0.1, 0.15) is 0 Å². The van der Waals surface area contributed by atoms with E-state index in [1.807, 2.05) is 0 Å². The lowest BCUT2D eigenvalue weighted by Crippen LogP contribution is -1.94. The molecule has 0 saturated heterocycles. The summed E-state index contributed by atoms with van der Waals surface area (Å²) in [5, 5.41) is 20.0. The third kappa shape index (κ3) is 6.88. The van der Waals surface area contributed by atoms with Crippen LogP contribution >= 0.6 is 0 Å². The number of para-hydroxylation sites is 1. The predicted octanol–water partition coefficient (Wildman–Crippen LogP) is 21.2. The van der Waals surface area contributed by atoms with E-state index in [1.54, 1.807) is 0 Å². The van der Waals surface area contributed by atoms with Gasteiger partial charge in [0.2, 0.25) is 0 Å². The number of fused-ring (bicyclic) bond motifs is 10. The highest BCUT2D eigenvalue weighted by Gasteiger charge is 2.21. The highest BCUT2D eigenvalue weighted by atomic mass is 15.0. The van der Waals surface area contributed by atoms with E-state index in [0.29, 0.717) is 0 Å². The van der Waals surface area contributed by atoms with Crippen LogP contribution in [-0.2, 0) is 0 Å². The minimum absolute atomic E-state index is 1.13. The zero-order chi connectivity index (χ0) is 50.6. The molecule has 16 aromatic rings. The molecular formula is C76H47N. The second-order valence-corrected chi connectivity index (χ2v) is 20.7. The highest BCUT2D eigenvalue weighted by molar-refractivity contribution is 6.24. The van der Waals surface area contributed by atoms with Gasteiger partial charge in [0.15, 0.2) is 0 Å². The Morgan fingerprint density at radius 2 is 0.481 bits per heavy atom. The van der Waals surface area contributed by atoms with Gasteiger partial charge >= 0.3 is 0 Å². The Hall–Kier alpha value is -10.1. The molecule has 0 amide bonds. The van der Waals surface area contributed by atoms with Crippen molar-refractivity contribution in [1.29, 1.82) is 0 Å². The zero-order valence-corrected chi connectivity index (χ0v) is 42.1. The molecule has 1 heterocycles. The van der Waals surface area contributed by atoms with Crippen molar-refractivity contribution >= 4 is 97.2 Å². The van der Waals surface area contributed by atoms with E-state index in [0.717, 1.165) is 5.69 Å². The summed E-state index contributed by atoms with van der Waals surface area (Å²) in [6.45, 7) is 0. The number of hydrogen-bond acceptors (Lipinski definition) is 0. The monoisotopic (exact) mass is 973 g/mol. The van der Waals surface area contributed by atoms with Gasteiger partial charge < -0.3 is 4.57 Å². The van der Waals surface area contributed by atoms with Gasteiger partial charge in [-0.1, -0.05) is 231 Å². The average Bonchev–Trinajstić information content (AvgIpc) is 3.99. The summed E-state index contributed by atoms with van der Waals surface area (Å²) in [5.74, 6) is 0. The lowest BCUT2D eigenvalue weighted by atomic mass is 9.84. The van der Waals surface area contributed by atoms with E-state index < -0.39 is 0 Å². The summed E-state index contributed by atoms with van der Waals surface area (Å²) in [7, 11) is 0. The number of rotatable bonds is 6. The van der Waals surface area contributed by atoms with Crippen LogP contribution in [0, 0.1) is 0 Å². The zero-order valence-electron chi connectivity index (χ0n) is 42.1. The van der Waals surface area contributed by atoms with E-state index in [-0.39, 0.29) is 0 Å². The van der Waals surface area contributed by atoms with E-state index in [1.165, 1.54) is 153 Å². The topological polar surface area (TPSA) is 4.93 Å². The van der Waals surface area contributed by atoms with Gasteiger partial charge in [-0.05, 0) is 186 Å². The van der Waals surface area contributed by atoms with Crippen molar-refractivity contribution < 1.29 is 0 Å². The summed E-state index contributed by atoms with van der Waals surface area (Å²) < 4.78 is 2.44. The number of nitrogens with zero attached hydrogens (tertiary/aromatic N) is 1. The van der Waals surface area contributed by atoms with E-state index in [4.69, 9.17) is 0 Å². The molecule has 1 nitrogen and oxygen atoms in total. The van der Waals surface area contributed by atoms with Crippen molar-refractivity contribution in [2.24, 2.45) is 0 Å². The second kappa shape index (κ2) is 17.2. The Labute approximate surface area is 445 Å². The Morgan fingerprint density at radius 1 is 0.169 bits per heavy atom. The molecule has 1 aromatic heterocycles. The number of hydrogen-bond donors (Lipinski definition) is 0. The van der Waals surface area contributed by atoms with Crippen LogP contribution < -0.4 is 0 Å². The van der Waals surface area contributed by atoms with E-state index in [9.17, 15) is 0 Å². The molecule has 0 aliphatic carbocycles. The molecule has 0 fully saturated rings. The van der Waals surface area contributed by atoms with Gasteiger partial charge in [-0.3, -0.25) is 0 Å². The van der Waals surface area contributed by atoms with Gasteiger partial charge in [-0.15, -0.1) is 0 Å². The quantitative estimate of drug-likeness (QED) is 0.146. The molecule has 0 radical (unpaired) electrons. The van der Waals surface area contributed by atoms with E-state index >= 15 is 0 Å². The molecule has 0 atom stereocenters. The third-order valence-electron chi connectivity index (χ3n) is 16.5. The van der Waals surface area contributed by atoms with Crippen LogP contribution in [0.2, 0.25) is 0 Å². The Kier molecular flexibility index (Phi) is 9.71. The molecule has 1 heteroatoms. The fraction of sp³-hybridized carbons (Fsp3) is 0. The molecule has 15 aromatic carbocycles. The fourth-order valence-corrected chi connectivity index (χ4v) is 13.0. The van der Waals surface area contributed by atoms with Gasteiger partial charge in [0, 0.05) is 16.5 Å². The SMILES string of the molecule is c1ccc2cc(-c3c4ccccc4c(-c4ccc5c(c4)c4ccccc4n5-c4ccc(-c5ccc6c(-c7ccc8ccccc8c7)c7ccccc7c(-c7ccc8ccccc8c7)c6c5)cc4)c4ccccc34)ccc2c1. The van der Waals surface area contributed by atoms with Gasteiger partial charge in [0.25, 0.3) is 0 Å². The van der Waals surface area contributed by atoms with Crippen LogP contribution in [0.4, 0.5) is 0 Å². The predicted molar refractivity (Wildman–Crippen MR) is 331 cm³/mol. The van der Waals surface area contributed by atoms with E-state index in [2.05, 4.69) is 290 Å². The van der Waals surface area contributed by atoms with Crippen LogP contribution in [0.15, 0.2) is 285 Å². The molecular weight excluding hydrogens is 927 g/mol. The molecule has 0 aliphatic rings. The molecule has 0 spiro atoms. The van der Waals surface area contributed by atoms with Crippen molar-refractivity contribution in [2.75, 3.05) is 0 Å². The molecule has 0 saturated carbocycles. The molecule has 16 rings (SSSR count). The lowest BCUT2D eigenvalue weighted by Gasteiger charge is -2.19. The summed E-state index contributed by atoms with van der Waals surface area (Å²) in [5.41, 5.74) is 15.8. The van der Waals surface area contributed by atoms with Crippen LogP contribution in [0.25, 0.3) is 159 Å². The Balaban J connectivity index is 0.844. The molecule has 0 bridgehead atoms. The maximum atomic E-state index is 2.44. The highest BCUT2D eigenvalue weighted by Crippen LogP contribution is 2.48. The lowest BCUT2D eigenvalue weighted by molar-refractivity contribution is 1.18. The molecule has 356 valence electrons. The first-order valence-electron chi connectivity index (χ1n) is 26.7. The number of aromatic nitrogens is 1. The average molecular weight is 974 g/mol. The van der Waals surface area contributed by atoms with Crippen LogP contribution in [0.5, 0.6) is 0 Å². The summed E-state index contributed by atoms with van der Waals surface area (Å²) >= 11 is 0.